The molecule has 0 spiro atoms. The van der Waals surface area contributed by atoms with Crippen molar-refractivity contribution in [2.24, 2.45) is 5.92 Å². The lowest BCUT2D eigenvalue weighted by Crippen LogP contribution is -2.40. The molecular formula is C20H25NO2S. The second-order valence-electron chi connectivity index (χ2n) is 6.48. The maximum Gasteiger partial charge on any atom is 0.253 e. The Bertz CT molecular complexity index is 636. The quantitative estimate of drug-likeness (QED) is 0.712. The van der Waals surface area contributed by atoms with Gasteiger partial charge in [-0.05, 0) is 71.7 Å². The van der Waals surface area contributed by atoms with Crippen LogP contribution >= 0.6 is 11.3 Å². The second kappa shape index (κ2) is 8.45. The fourth-order valence-electron chi connectivity index (χ4n) is 3.42. The Morgan fingerprint density at radius 2 is 2.08 bits per heavy atom. The zero-order chi connectivity index (χ0) is 16.8. The number of amides is 1. The van der Waals surface area contributed by atoms with Gasteiger partial charge in [-0.2, -0.15) is 11.3 Å². The molecule has 0 radical (unpaired) electrons. The number of ether oxygens (including phenoxy) is 1. The van der Waals surface area contributed by atoms with Crippen LogP contribution in [0.15, 0.2) is 41.1 Å². The molecule has 1 saturated heterocycles. The topological polar surface area (TPSA) is 29.5 Å². The summed E-state index contributed by atoms with van der Waals surface area (Å²) in [5.74, 6) is 0.784. The van der Waals surface area contributed by atoms with Crippen molar-refractivity contribution in [2.75, 3.05) is 26.8 Å². The molecule has 2 aromatic rings. The second-order valence-corrected chi connectivity index (χ2v) is 7.26. The van der Waals surface area contributed by atoms with Gasteiger partial charge in [0.15, 0.2) is 0 Å². The first-order valence-corrected chi connectivity index (χ1v) is 9.63. The SMILES string of the molecule is COCCC[C@@H]1CCCN(C(=O)c2ccc(-c3ccsc3)cc2)C1. The monoisotopic (exact) mass is 343 g/mol. The van der Waals surface area contributed by atoms with Gasteiger partial charge in [-0.15, -0.1) is 0 Å². The third kappa shape index (κ3) is 4.25. The molecule has 3 nitrogen and oxygen atoms in total. The van der Waals surface area contributed by atoms with Gasteiger partial charge < -0.3 is 9.64 Å². The fraction of sp³-hybridized carbons (Fsp3) is 0.450. The summed E-state index contributed by atoms with van der Waals surface area (Å²) < 4.78 is 5.14. The van der Waals surface area contributed by atoms with Crippen molar-refractivity contribution < 1.29 is 9.53 Å². The number of carbonyl (C=O) groups excluding carboxylic acids is 1. The number of benzene rings is 1. The number of rotatable bonds is 6. The maximum absolute atomic E-state index is 12.8. The summed E-state index contributed by atoms with van der Waals surface area (Å²) >= 11 is 1.69. The van der Waals surface area contributed by atoms with Gasteiger partial charge in [0.2, 0.25) is 0 Å². The van der Waals surface area contributed by atoms with Crippen molar-refractivity contribution >= 4 is 17.2 Å². The summed E-state index contributed by atoms with van der Waals surface area (Å²) in [4.78, 5) is 14.8. The molecule has 0 aliphatic carbocycles. The lowest BCUT2D eigenvalue weighted by atomic mass is 9.93. The molecule has 1 aromatic heterocycles. The standard InChI is InChI=1S/C20H25NO2S/c1-23-12-3-5-16-4-2-11-21(14-16)20(22)18-8-6-17(7-9-18)19-10-13-24-15-19/h6-10,13,15-16H,2-5,11-12,14H2,1H3/t16-/m0/s1. The minimum Gasteiger partial charge on any atom is -0.385 e. The average molecular weight is 343 g/mol. The molecule has 128 valence electrons. The van der Waals surface area contributed by atoms with Crippen molar-refractivity contribution in [2.45, 2.75) is 25.7 Å². The van der Waals surface area contributed by atoms with Gasteiger partial charge in [-0.25, -0.2) is 0 Å². The zero-order valence-electron chi connectivity index (χ0n) is 14.2. The Morgan fingerprint density at radius 1 is 1.25 bits per heavy atom. The third-order valence-electron chi connectivity index (χ3n) is 4.75. The van der Waals surface area contributed by atoms with Crippen LogP contribution in [-0.2, 0) is 4.74 Å². The number of likely N-dealkylation sites (tertiary alicyclic amines) is 1. The first kappa shape index (κ1) is 17.2. The highest BCUT2D eigenvalue weighted by Crippen LogP contribution is 2.25. The molecule has 0 N–H and O–H groups in total. The van der Waals surface area contributed by atoms with Crippen LogP contribution in [0.1, 0.15) is 36.0 Å². The molecule has 4 heteroatoms. The Hall–Kier alpha value is -1.65. The summed E-state index contributed by atoms with van der Waals surface area (Å²) in [5, 5.41) is 4.21. The van der Waals surface area contributed by atoms with Gasteiger partial charge in [0, 0.05) is 32.4 Å². The van der Waals surface area contributed by atoms with Crippen molar-refractivity contribution in [3.63, 3.8) is 0 Å². The summed E-state index contributed by atoms with van der Waals surface area (Å²) in [7, 11) is 1.75. The van der Waals surface area contributed by atoms with E-state index in [1.165, 1.54) is 17.5 Å². The summed E-state index contributed by atoms with van der Waals surface area (Å²) in [6, 6.07) is 10.1. The van der Waals surface area contributed by atoms with Crippen molar-refractivity contribution in [1.29, 1.82) is 0 Å². The van der Waals surface area contributed by atoms with Crippen LogP contribution in [0.5, 0.6) is 0 Å². The Kier molecular flexibility index (Phi) is 6.05. The number of methoxy groups -OCH3 is 1. The fourth-order valence-corrected chi connectivity index (χ4v) is 4.08. The molecule has 1 aromatic carbocycles. The molecule has 1 fully saturated rings. The van der Waals surface area contributed by atoms with E-state index in [-0.39, 0.29) is 5.91 Å². The number of hydrogen-bond acceptors (Lipinski definition) is 3. The number of piperidine rings is 1. The van der Waals surface area contributed by atoms with Gasteiger partial charge >= 0.3 is 0 Å². The van der Waals surface area contributed by atoms with Crippen molar-refractivity contribution in [3.05, 3.63) is 46.7 Å². The van der Waals surface area contributed by atoms with E-state index in [4.69, 9.17) is 4.74 Å². The van der Waals surface area contributed by atoms with E-state index in [1.807, 2.05) is 17.0 Å². The third-order valence-corrected chi connectivity index (χ3v) is 5.44. The number of thiophene rings is 1. The zero-order valence-corrected chi connectivity index (χ0v) is 15.1. The highest BCUT2D eigenvalue weighted by Gasteiger charge is 2.24. The first-order valence-electron chi connectivity index (χ1n) is 8.69. The predicted octanol–water partition coefficient (Wildman–Crippen LogP) is 4.69. The molecule has 0 unspecified atom stereocenters. The van der Waals surface area contributed by atoms with Crippen LogP contribution in [0.4, 0.5) is 0 Å². The van der Waals surface area contributed by atoms with Gasteiger partial charge in [-0.3, -0.25) is 4.79 Å². The molecule has 3 rings (SSSR count). The van der Waals surface area contributed by atoms with Crippen LogP contribution < -0.4 is 0 Å². The van der Waals surface area contributed by atoms with Gasteiger partial charge in [0.05, 0.1) is 0 Å². The summed E-state index contributed by atoms with van der Waals surface area (Å²) in [6.07, 6.45) is 4.56. The lowest BCUT2D eigenvalue weighted by molar-refractivity contribution is 0.0660. The van der Waals surface area contributed by atoms with Crippen LogP contribution in [0.3, 0.4) is 0 Å². The Balaban J connectivity index is 1.61. The molecule has 2 heterocycles. The average Bonchev–Trinajstić information content (AvgIpc) is 3.16. The smallest absolute Gasteiger partial charge is 0.253 e. The molecule has 1 atom stereocenters. The molecule has 1 aliphatic heterocycles. The molecule has 0 saturated carbocycles. The van der Waals surface area contributed by atoms with Crippen molar-refractivity contribution in [3.8, 4) is 11.1 Å². The highest BCUT2D eigenvalue weighted by molar-refractivity contribution is 7.08. The van der Waals surface area contributed by atoms with E-state index in [2.05, 4.69) is 29.0 Å². The van der Waals surface area contributed by atoms with E-state index in [0.29, 0.717) is 5.92 Å². The summed E-state index contributed by atoms with van der Waals surface area (Å²) in [5.41, 5.74) is 3.19. The maximum atomic E-state index is 12.8. The van der Waals surface area contributed by atoms with Gasteiger partial charge in [0.25, 0.3) is 5.91 Å². The van der Waals surface area contributed by atoms with E-state index >= 15 is 0 Å². The number of hydrogen-bond donors (Lipinski definition) is 0. The highest BCUT2D eigenvalue weighted by atomic mass is 32.1. The van der Waals surface area contributed by atoms with E-state index in [1.54, 1.807) is 18.4 Å². The normalized spacial score (nSPS) is 17.9. The largest absolute Gasteiger partial charge is 0.385 e. The van der Waals surface area contributed by atoms with Crippen LogP contribution in [0.2, 0.25) is 0 Å². The van der Waals surface area contributed by atoms with Gasteiger partial charge in [-0.1, -0.05) is 12.1 Å². The first-order chi connectivity index (χ1) is 11.8. The van der Waals surface area contributed by atoms with Crippen molar-refractivity contribution in [1.82, 2.24) is 4.90 Å². The number of nitrogens with zero attached hydrogens (tertiary/aromatic N) is 1. The Labute approximate surface area is 148 Å². The molecule has 0 bridgehead atoms. The van der Waals surface area contributed by atoms with Crippen LogP contribution in [-0.4, -0.2) is 37.6 Å². The molecule has 1 aliphatic rings. The molecule has 1 amide bonds. The Morgan fingerprint density at radius 3 is 2.79 bits per heavy atom. The van der Waals surface area contributed by atoms with E-state index in [0.717, 1.165) is 44.5 Å². The van der Waals surface area contributed by atoms with Gasteiger partial charge in [0.1, 0.15) is 0 Å². The van der Waals surface area contributed by atoms with E-state index < -0.39 is 0 Å². The van der Waals surface area contributed by atoms with E-state index in [9.17, 15) is 4.79 Å². The molecular weight excluding hydrogens is 318 g/mol. The molecule has 24 heavy (non-hydrogen) atoms. The minimum absolute atomic E-state index is 0.170. The predicted molar refractivity (Wildman–Crippen MR) is 99.5 cm³/mol. The number of carbonyl (C=O) groups is 1. The van der Waals surface area contributed by atoms with Crippen LogP contribution in [0.25, 0.3) is 11.1 Å². The summed E-state index contributed by atoms with van der Waals surface area (Å²) in [6.45, 7) is 2.58. The minimum atomic E-state index is 0.170. The lowest BCUT2D eigenvalue weighted by Gasteiger charge is -2.33. The van der Waals surface area contributed by atoms with Crippen LogP contribution in [0, 0.1) is 5.92 Å².